The SMILES string of the molecule is COc1ccc(NC(=O)[C@H](Cc2ccccc2)N2C(=O)[C@H]3[C@H](C2=O)C2(Cl)c4ccccc4C3(Cl)c3ccccc32)c(OC)c1. The predicted octanol–water partition coefficient (Wildman–Crippen LogP) is 5.85. The number of imide groups is 1. The Morgan fingerprint density at radius 3 is 1.75 bits per heavy atom. The molecule has 1 N–H and O–H groups in total. The number of hydrogen-bond acceptors (Lipinski definition) is 5. The number of ether oxygens (including phenoxy) is 2. The lowest BCUT2D eigenvalue weighted by molar-refractivity contribution is -0.146. The van der Waals surface area contributed by atoms with Crippen molar-refractivity contribution in [3.8, 4) is 11.5 Å². The molecule has 1 fully saturated rings. The van der Waals surface area contributed by atoms with Crippen LogP contribution in [0.3, 0.4) is 0 Å². The maximum absolute atomic E-state index is 14.6. The van der Waals surface area contributed by atoms with Crippen LogP contribution in [0, 0.1) is 11.8 Å². The molecule has 7 nitrogen and oxygen atoms in total. The summed E-state index contributed by atoms with van der Waals surface area (Å²) in [5.41, 5.74) is 3.95. The topological polar surface area (TPSA) is 84.9 Å². The second kappa shape index (κ2) is 10.4. The summed E-state index contributed by atoms with van der Waals surface area (Å²) in [5.74, 6) is -2.71. The van der Waals surface area contributed by atoms with E-state index in [0.29, 0.717) is 39.4 Å². The van der Waals surface area contributed by atoms with Crippen molar-refractivity contribution < 1.29 is 23.9 Å². The van der Waals surface area contributed by atoms with E-state index in [1.165, 1.54) is 14.2 Å². The molecule has 0 saturated carbocycles. The number of hydrogen-bond donors (Lipinski definition) is 1. The lowest BCUT2D eigenvalue weighted by Gasteiger charge is -2.54. The van der Waals surface area contributed by atoms with Gasteiger partial charge in [-0.1, -0.05) is 78.9 Å². The van der Waals surface area contributed by atoms with Crippen LogP contribution >= 0.6 is 23.2 Å². The number of amides is 3. The Morgan fingerprint density at radius 1 is 0.773 bits per heavy atom. The van der Waals surface area contributed by atoms with Crippen LogP contribution in [0.1, 0.15) is 27.8 Å². The van der Waals surface area contributed by atoms with Crippen molar-refractivity contribution in [1.29, 1.82) is 0 Å². The van der Waals surface area contributed by atoms with Gasteiger partial charge in [0.1, 0.15) is 27.3 Å². The van der Waals surface area contributed by atoms with Crippen LogP contribution in [-0.4, -0.2) is 42.9 Å². The molecule has 0 spiro atoms. The summed E-state index contributed by atoms with van der Waals surface area (Å²) in [6.07, 6.45) is 0.0898. The molecular formula is C35H28Cl2N2O5. The van der Waals surface area contributed by atoms with Gasteiger partial charge >= 0.3 is 0 Å². The molecule has 8 rings (SSSR count). The third kappa shape index (κ3) is 3.85. The zero-order chi connectivity index (χ0) is 30.8. The monoisotopic (exact) mass is 626 g/mol. The number of nitrogens with one attached hydrogen (secondary N) is 1. The molecule has 4 aliphatic rings. The number of rotatable bonds is 7. The smallest absolute Gasteiger partial charge is 0.248 e. The van der Waals surface area contributed by atoms with Crippen LogP contribution in [0.15, 0.2) is 97.1 Å². The lowest BCUT2D eigenvalue weighted by atomic mass is 9.54. The molecule has 4 aromatic rings. The minimum atomic E-state index is -1.34. The summed E-state index contributed by atoms with van der Waals surface area (Å²) in [6.45, 7) is 0. The summed E-state index contributed by atoms with van der Waals surface area (Å²) in [5, 5.41) is 2.89. The van der Waals surface area contributed by atoms with Gasteiger partial charge in [-0.05, 0) is 39.9 Å². The van der Waals surface area contributed by atoms with Gasteiger partial charge in [-0.2, -0.15) is 0 Å². The number of carbonyl (C=O) groups excluding carboxylic acids is 3. The molecule has 3 atom stereocenters. The molecule has 44 heavy (non-hydrogen) atoms. The molecule has 0 radical (unpaired) electrons. The quantitative estimate of drug-likeness (QED) is 0.206. The highest BCUT2D eigenvalue weighted by Crippen LogP contribution is 2.69. The highest BCUT2D eigenvalue weighted by Gasteiger charge is 2.73. The standard InChI is InChI=1S/C35H28Cl2N2O5/c1-43-21-16-17-26(28(19-21)44-2)38-31(40)27(18-20-10-4-3-5-11-20)39-32(41)29-30(33(39)42)35(37)23-13-7-6-12-22(23)34(29,36)24-14-8-9-15-25(24)35/h3-17,19,27,29-30H,18H2,1-2H3,(H,38,40)/t27-,29+,30+,34?,35?/m0/s1. The zero-order valence-electron chi connectivity index (χ0n) is 23.9. The Hall–Kier alpha value is -4.33. The summed E-state index contributed by atoms with van der Waals surface area (Å²) < 4.78 is 10.8. The first-order chi connectivity index (χ1) is 21.2. The first-order valence-corrected chi connectivity index (χ1v) is 15.0. The Morgan fingerprint density at radius 2 is 1.27 bits per heavy atom. The Labute approximate surface area is 264 Å². The third-order valence-corrected chi connectivity index (χ3v) is 10.5. The number of carbonyl (C=O) groups is 3. The van der Waals surface area contributed by atoms with Crippen LogP contribution in [0.25, 0.3) is 0 Å². The maximum atomic E-state index is 14.6. The number of halogens is 2. The van der Waals surface area contributed by atoms with Crippen molar-refractivity contribution in [2.24, 2.45) is 11.8 Å². The van der Waals surface area contributed by atoms with Crippen molar-refractivity contribution in [3.05, 3.63) is 125 Å². The summed E-state index contributed by atoms with van der Waals surface area (Å²) >= 11 is 15.2. The van der Waals surface area contributed by atoms with Gasteiger partial charge in [-0.15, -0.1) is 23.2 Å². The number of benzene rings is 4. The highest BCUT2D eigenvalue weighted by atomic mass is 35.5. The first-order valence-electron chi connectivity index (χ1n) is 14.3. The van der Waals surface area contributed by atoms with Crippen molar-refractivity contribution in [3.63, 3.8) is 0 Å². The van der Waals surface area contributed by atoms with Crippen molar-refractivity contribution >= 4 is 46.6 Å². The average Bonchev–Trinajstić information content (AvgIpc) is 3.33. The minimum absolute atomic E-state index is 0.0898. The predicted molar refractivity (Wildman–Crippen MR) is 167 cm³/mol. The lowest BCUT2D eigenvalue weighted by Crippen LogP contribution is -2.57. The van der Waals surface area contributed by atoms with Crippen LogP contribution < -0.4 is 14.8 Å². The minimum Gasteiger partial charge on any atom is -0.497 e. The summed E-state index contributed by atoms with van der Waals surface area (Å²) in [7, 11) is 3.01. The van der Waals surface area contributed by atoms with Gasteiger partial charge in [0.15, 0.2) is 0 Å². The fraction of sp³-hybridized carbons (Fsp3) is 0.229. The molecule has 2 bridgehead atoms. The second-order valence-electron chi connectivity index (χ2n) is 11.3. The molecule has 1 aliphatic heterocycles. The number of anilines is 1. The molecular weight excluding hydrogens is 599 g/mol. The van der Waals surface area contributed by atoms with Gasteiger partial charge in [-0.3, -0.25) is 19.3 Å². The van der Waals surface area contributed by atoms with Gasteiger partial charge in [0, 0.05) is 12.5 Å². The maximum Gasteiger partial charge on any atom is 0.248 e. The van der Waals surface area contributed by atoms with E-state index in [0.717, 1.165) is 10.5 Å². The van der Waals surface area contributed by atoms with E-state index in [-0.39, 0.29) is 6.42 Å². The van der Waals surface area contributed by atoms with E-state index in [9.17, 15) is 14.4 Å². The molecule has 0 unspecified atom stereocenters. The van der Waals surface area contributed by atoms with E-state index in [2.05, 4.69) is 5.32 Å². The van der Waals surface area contributed by atoms with E-state index < -0.39 is 45.3 Å². The molecule has 3 aliphatic carbocycles. The fourth-order valence-electron chi connectivity index (χ4n) is 7.25. The third-order valence-electron chi connectivity index (χ3n) is 9.17. The van der Waals surface area contributed by atoms with Crippen LogP contribution in [0.5, 0.6) is 11.5 Å². The average molecular weight is 628 g/mol. The van der Waals surface area contributed by atoms with Crippen molar-refractivity contribution in [1.82, 2.24) is 4.90 Å². The summed E-state index contributed by atoms with van der Waals surface area (Å²) in [4.78, 5) is 41.9. The van der Waals surface area contributed by atoms with Crippen LogP contribution in [-0.2, 0) is 30.6 Å². The van der Waals surface area contributed by atoms with Gasteiger partial charge in [0.2, 0.25) is 17.7 Å². The highest BCUT2D eigenvalue weighted by molar-refractivity contribution is 6.36. The molecule has 0 aromatic heterocycles. The van der Waals surface area contributed by atoms with E-state index >= 15 is 0 Å². The van der Waals surface area contributed by atoms with Gasteiger partial charge in [-0.25, -0.2) is 0 Å². The Balaban J connectivity index is 1.35. The van der Waals surface area contributed by atoms with Crippen molar-refractivity contribution in [2.75, 3.05) is 19.5 Å². The number of alkyl halides is 2. The zero-order valence-corrected chi connectivity index (χ0v) is 25.4. The molecule has 9 heteroatoms. The molecule has 1 heterocycles. The van der Waals surface area contributed by atoms with Gasteiger partial charge < -0.3 is 14.8 Å². The normalized spacial score (nSPS) is 25.1. The molecule has 3 amide bonds. The number of methoxy groups -OCH3 is 2. The molecule has 4 aromatic carbocycles. The largest absolute Gasteiger partial charge is 0.497 e. The van der Waals surface area contributed by atoms with E-state index in [1.54, 1.807) is 18.2 Å². The first kappa shape index (κ1) is 28.4. The number of nitrogens with zero attached hydrogens (tertiary/aromatic N) is 1. The van der Waals surface area contributed by atoms with Crippen LogP contribution in [0.2, 0.25) is 0 Å². The molecule has 1 saturated heterocycles. The number of likely N-dealkylation sites (tertiary alicyclic amines) is 1. The molecule has 222 valence electrons. The van der Waals surface area contributed by atoms with E-state index in [1.807, 2.05) is 78.9 Å². The van der Waals surface area contributed by atoms with E-state index in [4.69, 9.17) is 32.7 Å². The Kier molecular flexibility index (Phi) is 6.72. The van der Waals surface area contributed by atoms with Gasteiger partial charge in [0.25, 0.3) is 0 Å². The second-order valence-corrected chi connectivity index (χ2v) is 12.5. The fourth-order valence-corrected chi connectivity index (χ4v) is 8.35. The summed E-state index contributed by atoms with van der Waals surface area (Å²) in [6, 6.07) is 28.0. The van der Waals surface area contributed by atoms with Crippen LogP contribution in [0.4, 0.5) is 5.69 Å². The van der Waals surface area contributed by atoms with Gasteiger partial charge in [0.05, 0.1) is 31.7 Å². The Bertz CT molecular complexity index is 1710. The van der Waals surface area contributed by atoms with Crippen molar-refractivity contribution in [2.45, 2.75) is 22.2 Å².